The normalized spacial score (nSPS) is 10.7. The molecule has 23 heavy (non-hydrogen) atoms. The Morgan fingerprint density at radius 1 is 0.826 bits per heavy atom. The first-order valence-corrected chi connectivity index (χ1v) is 8.07. The molecule has 0 aliphatic heterocycles. The Labute approximate surface area is 138 Å². The number of nitrogens with zero attached hydrogens (tertiary/aromatic N) is 1. The second kappa shape index (κ2) is 7.10. The molecule has 0 bridgehead atoms. The van der Waals surface area contributed by atoms with Gasteiger partial charge in [-0.15, -0.1) is 0 Å². The molecular weight excluding hydrogens is 280 g/mol. The van der Waals surface area contributed by atoms with Gasteiger partial charge in [0.1, 0.15) is 0 Å². The van der Waals surface area contributed by atoms with Crippen LogP contribution in [0.15, 0.2) is 72.8 Å². The van der Waals surface area contributed by atoms with Crippen LogP contribution in [0.3, 0.4) is 0 Å². The van der Waals surface area contributed by atoms with Crippen molar-refractivity contribution in [2.24, 2.45) is 0 Å². The van der Waals surface area contributed by atoms with E-state index in [1.807, 2.05) is 18.2 Å². The summed E-state index contributed by atoms with van der Waals surface area (Å²) in [5.41, 5.74) is 5.69. The van der Waals surface area contributed by atoms with Gasteiger partial charge in [0.15, 0.2) is 0 Å². The number of hydrogen-bond acceptors (Lipinski definition) is 2. The van der Waals surface area contributed by atoms with E-state index >= 15 is 0 Å². The molecule has 0 atom stereocenters. The number of pyridine rings is 1. The highest BCUT2D eigenvalue weighted by Gasteiger charge is 2.02. The average Bonchev–Trinajstić information content (AvgIpc) is 2.61. The minimum atomic E-state index is 0.563. The second-order valence-electron chi connectivity index (χ2n) is 6.01. The molecule has 0 amide bonds. The largest absolute Gasteiger partial charge is 0.379 e. The third-order valence-electron chi connectivity index (χ3n) is 3.93. The van der Waals surface area contributed by atoms with E-state index in [-0.39, 0.29) is 0 Å². The van der Waals surface area contributed by atoms with Gasteiger partial charge in [0.25, 0.3) is 0 Å². The van der Waals surface area contributed by atoms with Gasteiger partial charge in [-0.1, -0.05) is 62.4 Å². The molecule has 2 nitrogen and oxygen atoms in total. The molecule has 0 aliphatic rings. The molecular formula is C21H22N2. The van der Waals surface area contributed by atoms with E-state index in [1.54, 1.807) is 0 Å². The first-order valence-electron chi connectivity index (χ1n) is 8.07. The highest BCUT2D eigenvalue weighted by Crippen LogP contribution is 2.19. The van der Waals surface area contributed by atoms with Crippen LogP contribution in [0.5, 0.6) is 0 Å². The van der Waals surface area contributed by atoms with Gasteiger partial charge in [-0.2, -0.15) is 0 Å². The predicted molar refractivity (Wildman–Crippen MR) is 97.5 cm³/mol. The van der Waals surface area contributed by atoms with Gasteiger partial charge >= 0.3 is 0 Å². The molecule has 0 spiro atoms. The second-order valence-corrected chi connectivity index (χ2v) is 6.01. The van der Waals surface area contributed by atoms with Crippen molar-refractivity contribution in [3.63, 3.8) is 0 Å². The van der Waals surface area contributed by atoms with Crippen LogP contribution in [0, 0.1) is 0 Å². The first-order chi connectivity index (χ1) is 11.2. The van der Waals surface area contributed by atoms with Crippen LogP contribution in [0.1, 0.15) is 31.0 Å². The molecule has 0 radical (unpaired) electrons. The molecule has 3 aromatic rings. The fraction of sp³-hybridized carbons (Fsp3) is 0.190. The minimum Gasteiger partial charge on any atom is -0.379 e. The number of nitrogens with one attached hydrogen (secondary N) is 1. The number of hydrogen-bond donors (Lipinski definition) is 1. The molecule has 2 heteroatoms. The van der Waals surface area contributed by atoms with Crippen LogP contribution < -0.4 is 5.32 Å². The zero-order valence-electron chi connectivity index (χ0n) is 13.7. The number of rotatable bonds is 5. The number of benzene rings is 2. The Kier molecular flexibility index (Phi) is 4.72. The molecule has 3 rings (SSSR count). The van der Waals surface area contributed by atoms with Crippen molar-refractivity contribution in [1.82, 2.24) is 4.98 Å². The molecule has 0 aliphatic carbocycles. The van der Waals surface area contributed by atoms with Crippen LogP contribution in [-0.4, -0.2) is 4.98 Å². The summed E-state index contributed by atoms with van der Waals surface area (Å²) in [5.74, 6) is 0.563. The van der Waals surface area contributed by atoms with Crippen LogP contribution in [0.25, 0.3) is 11.3 Å². The first kappa shape index (κ1) is 15.3. The van der Waals surface area contributed by atoms with Crippen LogP contribution in [0.4, 0.5) is 5.69 Å². The fourth-order valence-corrected chi connectivity index (χ4v) is 2.53. The molecule has 1 heterocycles. The third-order valence-corrected chi connectivity index (χ3v) is 3.93. The summed E-state index contributed by atoms with van der Waals surface area (Å²) >= 11 is 0. The van der Waals surface area contributed by atoms with Gasteiger partial charge in [0, 0.05) is 11.3 Å². The molecule has 0 saturated heterocycles. The van der Waals surface area contributed by atoms with Gasteiger partial charge in [0.2, 0.25) is 0 Å². The predicted octanol–water partition coefficient (Wildman–Crippen LogP) is 5.48. The summed E-state index contributed by atoms with van der Waals surface area (Å²) in [6.45, 7) is 5.14. The maximum Gasteiger partial charge on any atom is 0.0706 e. The summed E-state index contributed by atoms with van der Waals surface area (Å²) in [4.78, 5) is 4.74. The van der Waals surface area contributed by atoms with Crippen molar-refractivity contribution in [3.05, 3.63) is 84.1 Å². The highest BCUT2D eigenvalue weighted by atomic mass is 14.9. The van der Waals surface area contributed by atoms with E-state index < -0.39 is 0 Å². The standard InChI is InChI=1S/C21H22N2/c1-16(2)17-11-13-19(14-12-17)22-15-20-9-6-10-21(23-20)18-7-4-3-5-8-18/h3-14,16,22H,15H2,1-2H3. The molecule has 0 unspecified atom stereocenters. The van der Waals surface area contributed by atoms with E-state index in [9.17, 15) is 0 Å². The summed E-state index contributed by atoms with van der Waals surface area (Å²) in [5, 5.41) is 3.44. The number of anilines is 1. The SMILES string of the molecule is CC(C)c1ccc(NCc2cccc(-c3ccccc3)n2)cc1. The van der Waals surface area contributed by atoms with E-state index in [0.717, 1.165) is 29.2 Å². The topological polar surface area (TPSA) is 24.9 Å². The summed E-state index contributed by atoms with van der Waals surface area (Å²) in [7, 11) is 0. The van der Waals surface area contributed by atoms with Crippen molar-refractivity contribution in [3.8, 4) is 11.3 Å². The highest BCUT2D eigenvalue weighted by molar-refractivity contribution is 5.58. The van der Waals surface area contributed by atoms with Crippen molar-refractivity contribution in [2.75, 3.05) is 5.32 Å². The number of aromatic nitrogens is 1. The van der Waals surface area contributed by atoms with E-state index in [0.29, 0.717) is 5.92 Å². The maximum atomic E-state index is 4.74. The molecule has 0 saturated carbocycles. The lowest BCUT2D eigenvalue weighted by Crippen LogP contribution is -2.02. The summed E-state index contributed by atoms with van der Waals surface area (Å²) < 4.78 is 0. The molecule has 1 aromatic heterocycles. The van der Waals surface area contributed by atoms with Gasteiger partial charge in [0.05, 0.1) is 17.9 Å². The Hall–Kier alpha value is -2.61. The summed E-state index contributed by atoms with van der Waals surface area (Å²) in [6, 6.07) is 25.1. The molecule has 2 aromatic carbocycles. The Bertz CT molecular complexity index is 746. The Balaban J connectivity index is 1.69. The van der Waals surface area contributed by atoms with Crippen LogP contribution in [-0.2, 0) is 6.54 Å². The van der Waals surface area contributed by atoms with Crippen molar-refractivity contribution in [1.29, 1.82) is 0 Å². The van der Waals surface area contributed by atoms with Gasteiger partial charge in [-0.25, -0.2) is 0 Å². The van der Waals surface area contributed by atoms with Crippen molar-refractivity contribution in [2.45, 2.75) is 26.3 Å². The lowest BCUT2D eigenvalue weighted by Gasteiger charge is -2.10. The molecule has 116 valence electrons. The Morgan fingerprint density at radius 3 is 2.26 bits per heavy atom. The summed E-state index contributed by atoms with van der Waals surface area (Å²) in [6.07, 6.45) is 0. The lowest BCUT2D eigenvalue weighted by atomic mass is 10.0. The van der Waals surface area contributed by atoms with E-state index in [4.69, 9.17) is 4.98 Å². The zero-order valence-corrected chi connectivity index (χ0v) is 13.7. The average molecular weight is 302 g/mol. The molecule has 0 fully saturated rings. The van der Waals surface area contributed by atoms with Gasteiger partial charge < -0.3 is 5.32 Å². The van der Waals surface area contributed by atoms with Gasteiger partial charge in [-0.05, 0) is 35.7 Å². The zero-order chi connectivity index (χ0) is 16.1. The van der Waals surface area contributed by atoms with E-state index in [1.165, 1.54) is 5.56 Å². The van der Waals surface area contributed by atoms with E-state index in [2.05, 4.69) is 73.8 Å². The quantitative estimate of drug-likeness (QED) is 0.674. The van der Waals surface area contributed by atoms with Gasteiger partial charge in [-0.3, -0.25) is 4.98 Å². The lowest BCUT2D eigenvalue weighted by molar-refractivity contribution is 0.866. The van der Waals surface area contributed by atoms with Crippen molar-refractivity contribution >= 4 is 5.69 Å². The maximum absolute atomic E-state index is 4.74. The monoisotopic (exact) mass is 302 g/mol. The smallest absolute Gasteiger partial charge is 0.0706 e. The van der Waals surface area contributed by atoms with Crippen molar-refractivity contribution < 1.29 is 0 Å². The van der Waals surface area contributed by atoms with Crippen LogP contribution in [0.2, 0.25) is 0 Å². The van der Waals surface area contributed by atoms with Crippen LogP contribution >= 0.6 is 0 Å². The molecule has 1 N–H and O–H groups in total. The minimum absolute atomic E-state index is 0.563. The fourth-order valence-electron chi connectivity index (χ4n) is 2.53. The Morgan fingerprint density at radius 2 is 1.57 bits per heavy atom. The third kappa shape index (κ3) is 3.98.